The molecule has 0 spiro atoms. The van der Waals surface area contributed by atoms with Gasteiger partial charge in [0.2, 0.25) is 0 Å². The van der Waals surface area contributed by atoms with E-state index in [9.17, 15) is 10.1 Å². The first-order valence-corrected chi connectivity index (χ1v) is 8.84. The summed E-state index contributed by atoms with van der Waals surface area (Å²) in [5.41, 5.74) is 3.13. The zero-order valence-corrected chi connectivity index (χ0v) is 15.0. The number of carbonyl (C=O) groups is 1. The van der Waals surface area contributed by atoms with Gasteiger partial charge in [-0.1, -0.05) is 54.6 Å². The van der Waals surface area contributed by atoms with E-state index in [2.05, 4.69) is 11.0 Å². The van der Waals surface area contributed by atoms with Crippen LogP contribution in [0.4, 0.5) is 4.79 Å². The number of aryl methyl sites for hydroxylation is 1. The van der Waals surface area contributed by atoms with Crippen LogP contribution >= 0.6 is 0 Å². The van der Waals surface area contributed by atoms with Gasteiger partial charge < -0.3 is 9.64 Å². The van der Waals surface area contributed by atoms with Gasteiger partial charge in [-0.05, 0) is 23.6 Å². The predicted molar refractivity (Wildman–Crippen MR) is 99.3 cm³/mol. The summed E-state index contributed by atoms with van der Waals surface area (Å²) in [6, 6.07) is 19.8. The number of hydrogen-bond acceptors (Lipinski definition) is 4. The van der Waals surface area contributed by atoms with Gasteiger partial charge in [-0.3, -0.25) is 4.90 Å². The number of benzene rings is 2. The average molecular weight is 349 g/mol. The number of carbonyl (C=O) groups excluding carboxylic acids is 1. The maximum atomic E-state index is 12.3. The maximum absolute atomic E-state index is 12.3. The minimum absolute atomic E-state index is 0.279. The van der Waals surface area contributed by atoms with E-state index in [1.807, 2.05) is 61.5 Å². The average Bonchev–Trinajstić information content (AvgIpc) is 2.69. The molecule has 1 heterocycles. The number of nitriles is 1. The summed E-state index contributed by atoms with van der Waals surface area (Å²) < 4.78 is 5.40. The molecule has 0 saturated carbocycles. The van der Waals surface area contributed by atoms with Gasteiger partial charge in [0.1, 0.15) is 12.6 Å². The van der Waals surface area contributed by atoms with Crippen LogP contribution in [0.5, 0.6) is 0 Å². The van der Waals surface area contributed by atoms with Crippen molar-refractivity contribution < 1.29 is 9.53 Å². The molecule has 1 saturated heterocycles. The number of rotatable bonds is 4. The van der Waals surface area contributed by atoms with E-state index < -0.39 is 0 Å². The molecule has 1 aliphatic heterocycles. The van der Waals surface area contributed by atoms with Crippen LogP contribution in [0.1, 0.15) is 22.7 Å². The number of ether oxygens (including phenoxy) is 1. The lowest BCUT2D eigenvalue weighted by Crippen LogP contribution is -2.49. The molecule has 1 atom stereocenters. The SMILES string of the molecule is Cc1ccccc1C(C#N)N1CCN(C(=O)OCc2ccccc2)CC1. The summed E-state index contributed by atoms with van der Waals surface area (Å²) in [5.74, 6) is 0. The molecule has 1 aliphatic rings. The molecule has 5 nitrogen and oxygen atoms in total. The zero-order chi connectivity index (χ0) is 18.4. The first-order chi connectivity index (χ1) is 12.7. The highest BCUT2D eigenvalue weighted by atomic mass is 16.6. The molecule has 1 unspecified atom stereocenters. The third-order valence-corrected chi connectivity index (χ3v) is 4.75. The van der Waals surface area contributed by atoms with Gasteiger partial charge in [0.05, 0.1) is 6.07 Å². The topological polar surface area (TPSA) is 56.6 Å². The Morgan fingerprint density at radius 1 is 1.08 bits per heavy atom. The van der Waals surface area contributed by atoms with E-state index in [1.165, 1.54) is 0 Å². The molecule has 0 aliphatic carbocycles. The molecule has 0 aromatic heterocycles. The Morgan fingerprint density at radius 3 is 2.38 bits per heavy atom. The highest BCUT2D eigenvalue weighted by Gasteiger charge is 2.28. The third kappa shape index (κ3) is 4.22. The second kappa shape index (κ2) is 8.50. The van der Waals surface area contributed by atoms with Crippen molar-refractivity contribution in [3.8, 4) is 6.07 Å². The molecule has 2 aromatic rings. The highest BCUT2D eigenvalue weighted by Crippen LogP contribution is 2.24. The standard InChI is InChI=1S/C21H23N3O2/c1-17-7-5-6-10-19(17)20(15-22)23-11-13-24(14-12-23)21(25)26-16-18-8-3-2-4-9-18/h2-10,20H,11-14,16H2,1H3. The minimum Gasteiger partial charge on any atom is -0.445 e. The molecular weight excluding hydrogens is 326 g/mol. The van der Waals surface area contributed by atoms with E-state index in [4.69, 9.17) is 4.74 Å². The molecule has 1 fully saturated rings. The third-order valence-electron chi connectivity index (χ3n) is 4.75. The van der Waals surface area contributed by atoms with Crippen molar-refractivity contribution >= 4 is 6.09 Å². The monoisotopic (exact) mass is 349 g/mol. The van der Waals surface area contributed by atoms with Crippen LogP contribution in [0.25, 0.3) is 0 Å². The van der Waals surface area contributed by atoms with E-state index in [0.29, 0.717) is 26.2 Å². The van der Waals surface area contributed by atoms with Crippen molar-refractivity contribution in [2.75, 3.05) is 26.2 Å². The van der Waals surface area contributed by atoms with E-state index in [0.717, 1.165) is 16.7 Å². The van der Waals surface area contributed by atoms with Crippen LogP contribution in [0.15, 0.2) is 54.6 Å². The highest BCUT2D eigenvalue weighted by molar-refractivity contribution is 5.67. The van der Waals surface area contributed by atoms with Crippen LogP contribution in [0.3, 0.4) is 0 Å². The van der Waals surface area contributed by atoms with Gasteiger partial charge in [0.25, 0.3) is 0 Å². The largest absolute Gasteiger partial charge is 0.445 e. The van der Waals surface area contributed by atoms with Gasteiger partial charge in [-0.25, -0.2) is 4.79 Å². The summed E-state index contributed by atoms with van der Waals surface area (Å²) in [7, 11) is 0. The first kappa shape index (κ1) is 18.0. The number of nitrogens with zero attached hydrogens (tertiary/aromatic N) is 3. The quantitative estimate of drug-likeness (QED) is 0.847. The number of hydrogen-bond donors (Lipinski definition) is 0. The Kier molecular flexibility index (Phi) is 5.88. The zero-order valence-electron chi connectivity index (χ0n) is 15.0. The Balaban J connectivity index is 1.54. The van der Waals surface area contributed by atoms with Crippen molar-refractivity contribution in [1.29, 1.82) is 5.26 Å². The van der Waals surface area contributed by atoms with Crippen molar-refractivity contribution in [3.63, 3.8) is 0 Å². The molecule has 134 valence electrons. The fraction of sp³-hybridized carbons (Fsp3) is 0.333. The fourth-order valence-electron chi connectivity index (χ4n) is 3.21. The van der Waals surface area contributed by atoms with Crippen LogP contribution in [-0.4, -0.2) is 42.1 Å². The van der Waals surface area contributed by atoms with Gasteiger partial charge in [0, 0.05) is 26.2 Å². The first-order valence-electron chi connectivity index (χ1n) is 8.84. The summed E-state index contributed by atoms with van der Waals surface area (Å²) in [6.07, 6.45) is -0.294. The Hall–Kier alpha value is -2.84. The summed E-state index contributed by atoms with van der Waals surface area (Å²) in [5, 5.41) is 9.64. The molecule has 0 radical (unpaired) electrons. The van der Waals surface area contributed by atoms with Crippen molar-refractivity contribution in [1.82, 2.24) is 9.80 Å². The number of piperazine rings is 1. The lowest BCUT2D eigenvalue weighted by molar-refractivity contribution is 0.0660. The predicted octanol–water partition coefficient (Wildman–Crippen LogP) is 3.51. The van der Waals surface area contributed by atoms with Crippen molar-refractivity contribution in [3.05, 3.63) is 71.3 Å². The Morgan fingerprint density at radius 2 is 1.73 bits per heavy atom. The Bertz CT molecular complexity index is 777. The maximum Gasteiger partial charge on any atom is 0.410 e. The van der Waals surface area contributed by atoms with E-state index in [1.54, 1.807) is 4.90 Å². The van der Waals surface area contributed by atoms with Gasteiger partial charge in [-0.15, -0.1) is 0 Å². The molecule has 0 bridgehead atoms. The van der Waals surface area contributed by atoms with Crippen LogP contribution < -0.4 is 0 Å². The molecular formula is C21H23N3O2. The lowest BCUT2D eigenvalue weighted by Gasteiger charge is -2.36. The second-order valence-corrected chi connectivity index (χ2v) is 6.45. The van der Waals surface area contributed by atoms with E-state index >= 15 is 0 Å². The van der Waals surface area contributed by atoms with Crippen LogP contribution in [0, 0.1) is 18.3 Å². The summed E-state index contributed by atoms with van der Waals surface area (Å²) >= 11 is 0. The lowest BCUT2D eigenvalue weighted by atomic mass is 10.0. The molecule has 1 amide bonds. The molecule has 5 heteroatoms. The summed E-state index contributed by atoms with van der Waals surface area (Å²) in [4.78, 5) is 16.1. The van der Waals surface area contributed by atoms with Crippen molar-refractivity contribution in [2.45, 2.75) is 19.6 Å². The summed E-state index contributed by atoms with van der Waals surface area (Å²) in [6.45, 7) is 4.76. The van der Waals surface area contributed by atoms with Crippen LogP contribution in [-0.2, 0) is 11.3 Å². The fourth-order valence-corrected chi connectivity index (χ4v) is 3.21. The van der Waals surface area contributed by atoms with E-state index in [-0.39, 0.29) is 18.7 Å². The normalized spacial score (nSPS) is 15.9. The molecule has 0 N–H and O–H groups in total. The smallest absolute Gasteiger partial charge is 0.410 e. The molecule has 3 rings (SSSR count). The van der Waals surface area contributed by atoms with Gasteiger partial charge in [-0.2, -0.15) is 5.26 Å². The molecule has 2 aromatic carbocycles. The Labute approximate surface area is 154 Å². The van der Waals surface area contributed by atoms with Gasteiger partial charge in [0.15, 0.2) is 0 Å². The molecule has 26 heavy (non-hydrogen) atoms. The van der Waals surface area contributed by atoms with Crippen molar-refractivity contribution in [2.24, 2.45) is 0 Å². The number of amides is 1. The second-order valence-electron chi connectivity index (χ2n) is 6.45. The minimum atomic E-state index is -0.294. The van der Waals surface area contributed by atoms with Gasteiger partial charge >= 0.3 is 6.09 Å². The van der Waals surface area contributed by atoms with Crippen LogP contribution in [0.2, 0.25) is 0 Å².